The van der Waals surface area contributed by atoms with Crippen LogP contribution in [0.4, 0.5) is 0 Å². The van der Waals surface area contributed by atoms with Gasteiger partial charge in [-0.25, -0.2) is 4.79 Å². The fourth-order valence-electron chi connectivity index (χ4n) is 4.97. The van der Waals surface area contributed by atoms with E-state index in [0.717, 1.165) is 6.26 Å². The maximum absolute atomic E-state index is 12.9. The van der Waals surface area contributed by atoms with Crippen molar-refractivity contribution >= 4 is 11.8 Å². The number of rotatable bonds is 7. The molecule has 0 radical (unpaired) electrons. The van der Waals surface area contributed by atoms with Crippen LogP contribution in [0.1, 0.15) is 18.9 Å². The van der Waals surface area contributed by atoms with Crippen molar-refractivity contribution in [3.63, 3.8) is 0 Å². The Kier molecular flexibility index (Phi) is 7.76. The number of hydrogen-bond donors (Lipinski definition) is 7. The molecule has 1 aromatic rings. The normalized spacial score (nSPS) is 37.5. The van der Waals surface area contributed by atoms with E-state index in [9.17, 15) is 45.3 Å². The van der Waals surface area contributed by atoms with Crippen molar-refractivity contribution < 1.29 is 64.3 Å². The first-order chi connectivity index (χ1) is 17.5. The van der Waals surface area contributed by atoms with E-state index in [1.54, 1.807) is 6.92 Å². The first-order valence-corrected chi connectivity index (χ1v) is 11.7. The molecule has 0 amide bonds. The van der Waals surface area contributed by atoms with Crippen LogP contribution in [-0.4, -0.2) is 103 Å². The quantitative estimate of drug-likeness (QED) is 0.154. The van der Waals surface area contributed by atoms with Gasteiger partial charge in [-0.15, -0.1) is 0 Å². The minimum Gasteiger partial charge on any atom is -0.504 e. The van der Waals surface area contributed by atoms with Crippen molar-refractivity contribution in [2.24, 2.45) is 11.8 Å². The van der Waals surface area contributed by atoms with E-state index >= 15 is 0 Å². The van der Waals surface area contributed by atoms with Gasteiger partial charge in [0.2, 0.25) is 6.29 Å². The Morgan fingerprint density at radius 3 is 2.51 bits per heavy atom. The lowest BCUT2D eigenvalue weighted by molar-refractivity contribution is -0.346. The Hall–Kier alpha value is -2.78. The molecule has 0 aromatic heterocycles. The molecule has 1 saturated carbocycles. The van der Waals surface area contributed by atoms with E-state index in [0.29, 0.717) is 5.56 Å². The van der Waals surface area contributed by atoms with E-state index in [-0.39, 0.29) is 30.9 Å². The second kappa shape index (κ2) is 10.5. The zero-order valence-corrected chi connectivity index (χ0v) is 19.8. The van der Waals surface area contributed by atoms with Gasteiger partial charge in [0.05, 0.1) is 19.1 Å². The third-order valence-electron chi connectivity index (χ3n) is 7.05. The molecule has 1 saturated heterocycles. The third-order valence-corrected chi connectivity index (χ3v) is 7.05. The summed E-state index contributed by atoms with van der Waals surface area (Å²) in [7, 11) is 0. The highest BCUT2D eigenvalue weighted by Crippen LogP contribution is 2.48. The van der Waals surface area contributed by atoms with E-state index in [2.05, 4.69) is 0 Å². The van der Waals surface area contributed by atoms with Gasteiger partial charge in [0, 0.05) is 12.8 Å². The van der Waals surface area contributed by atoms with Crippen LogP contribution in [0.15, 0.2) is 30.0 Å². The second-order valence-electron chi connectivity index (χ2n) is 9.48. The van der Waals surface area contributed by atoms with Gasteiger partial charge in [0.1, 0.15) is 36.3 Å². The van der Waals surface area contributed by atoms with Crippen molar-refractivity contribution in [1.29, 1.82) is 0 Å². The number of aliphatic hydroxyl groups is 5. The number of carbonyl (C=O) groups is 2. The van der Waals surface area contributed by atoms with Crippen LogP contribution < -0.4 is 0 Å². The Labute approximate surface area is 211 Å². The molecule has 13 nitrogen and oxygen atoms in total. The lowest BCUT2D eigenvalue weighted by Crippen LogP contribution is -2.61. The molecule has 4 rings (SSSR count). The number of aliphatic hydroxyl groups excluding tert-OH is 4. The molecule has 0 spiro atoms. The summed E-state index contributed by atoms with van der Waals surface area (Å²) in [5.74, 6) is -3.96. The van der Waals surface area contributed by atoms with Crippen molar-refractivity contribution in [3.8, 4) is 11.5 Å². The number of Topliss-reactive ketones (excluding diaryl/α,β-unsaturated/α-hetero) is 1. The predicted molar refractivity (Wildman–Crippen MR) is 119 cm³/mol. The number of ether oxygens (including phenoxy) is 4. The second-order valence-corrected chi connectivity index (χ2v) is 9.48. The molecule has 204 valence electrons. The highest BCUT2D eigenvalue weighted by atomic mass is 16.8. The molecule has 0 unspecified atom stereocenters. The summed E-state index contributed by atoms with van der Waals surface area (Å²) in [5, 5.41) is 70.1. The number of benzene rings is 1. The molecule has 2 heterocycles. The smallest absolute Gasteiger partial charge is 0.340 e. The van der Waals surface area contributed by atoms with Gasteiger partial charge in [-0.1, -0.05) is 13.0 Å². The van der Waals surface area contributed by atoms with Gasteiger partial charge in [-0.3, -0.25) is 4.79 Å². The summed E-state index contributed by atoms with van der Waals surface area (Å²) >= 11 is 0. The minimum atomic E-state index is -2.33. The van der Waals surface area contributed by atoms with Crippen LogP contribution in [0.25, 0.3) is 0 Å². The van der Waals surface area contributed by atoms with Gasteiger partial charge < -0.3 is 54.7 Å². The number of carbonyl (C=O) groups excluding carboxylic acids is 2. The maximum Gasteiger partial charge on any atom is 0.340 e. The van der Waals surface area contributed by atoms with Gasteiger partial charge in [-0.2, -0.15) is 0 Å². The summed E-state index contributed by atoms with van der Waals surface area (Å²) in [6, 6.07) is 4.11. The molecule has 2 aliphatic heterocycles. The monoisotopic (exact) mass is 526 g/mol. The average molecular weight is 526 g/mol. The first-order valence-electron chi connectivity index (χ1n) is 11.7. The fourth-order valence-corrected chi connectivity index (χ4v) is 4.97. The van der Waals surface area contributed by atoms with Crippen LogP contribution in [0.3, 0.4) is 0 Å². The average Bonchev–Trinajstić information content (AvgIpc) is 3.10. The number of phenolic OH excluding ortho intramolecular Hbond substituents is 2. The summed E-state index contributed by atoms with van der Waals surface area (Å²) < 4.78 is 21.7. The molecule has 1 aromatic carbocycles. The largest absolute Gasteiger partial charge is 0.504 e. The molecule has 1 aliphatic carbocycles. The number of phenols is 2. The zero-order chi connectivity index (χ0) is 27.1. The molecule has 7 N–H and O–H groups in total. The summed E-state index contributed by atoms with van der Waals surface area (Å²) in [4.78, 5) is 25.7. The summed E-state index contributed by atoms with van der Waals surface area (Å²) in [5.41, 5.74) is -2.20. The van der Waals surface area contributed by atoms with Crippen molar-refractivity contribution in [1.82, 2.24) is 0 Å². The lowest BCUT2D eigenvalue weighted by Gasteiger charge is -2.44. The van der Waals surface area contributed by atoms with Gasteiger partial charge in [0.15, 0.2) is 29.2 Å². The topological polar surface area (TPSA) is 213 Å². The zero-order valence-electron chi connectivity index (χ0n) is 19.8. The van der Waals surface area contributed by atoms with E-state index in [4.69, 9.17) is 18.9 Å². The Bertz CT molecular complexity index is 1060. The highest BCUT2D eigenvalue weighted by Gasteiger charge is 2.63. The lowest BCUT2D eigenvalue weighted by atomic mass is 9.78. The molecule has 13 heteroatoms. The fraction of sp³-hybridized carbons (Fsp3) is 0.583. The van der Waals surface area contributed by atoms with Crippen LogP contribution in [0.5, 0.6) is 11.5 Å². The Morgan fingerprint density at radius 1 is 1.11 bits per heavy atom. The standard InChI is InChI=1S/C24H30O13/c1-10-6-16(28)24(33)12(21(32)34-5-4-11-2-3-13(26)14(27)7-11)9-35-22(17(10)24)37-23-20(31)19(30)18(29)15(8-25)36-23/h2-3,7,9-10,15,17-20,22-23,25-27,29-31,33H,4-6,8H2,1H3/t10-,15-,17+,18-,19+,20-,22+,23+,24-/m1/s1. The molecular formula is C24H30O13. The third kappa shape index (κ3) is 4.91. The van der Waals surface area contributed by atoms with Crippen molar-refractivity contribution in [2.75, 3.05) is 13.2 Å². The summed E-state index contributed by atoms with van der Waals surface area (Å²) in [6.07, 6.45) is -8.39. The first kappa shape index (κ1) is 27.3. The van der Waals surface area contributed by atoms with Crippen LogP contribution in [-0.2, 0) is 35.0 Å². The molecule has 9 atom stereocenters. The Morgan fingerprint density at radius 2 is 1.84 bits per heavy atom. The number of ketones is 1. The van der Waals surface area contributed by atoms with Crippen LogP contribution >= 0.6 is 0 Å². The molecule has 0 bridgehead atoms. The van der Waals surface area contributed by atoms with Crippen molar-refractivity contribution in [2.45, 2.75) is 62.4 Å². The molecule has 3 aliphatic rings. The van der Waals surface area contributed by atoms with E-state index < -0.39 is 78.4 Å². The van der Waals surface area contributed by atoms with Crippen LogP contribution in [0.2, 0.25) is 0 Å². The Balaban J connectivity index is 1.49. The SMILES string of the molecule is C[C@@H]1CC(=O)[C@]2(O)C(C(=O)OCCc3ccc(O)c(O)c3)=CO[C@@H](O[C@@H]3O[C@H](CO)[C@@H](O)[C@H](O)[C@H]3O)[C@H]12. The van der Waals surface area contributed by atoms with E-state index in [1.807, 2.05) is 0 Å². The maximum atomic E-state index is 12.9. The van der Waals surface area contributed by atoms with Gasteiger partial charge in [0.25, 0.3) is 0 Å². The summed E-state index contributed by atoms with van der Waals surface area (Å²) in [6.45, 7) is 0.785. The van der Waals surface area contributed by atoms with Gasteiger partial charge >= 0.3 is 5.97 Å². The molecule has 37 heavy (non-hydrogen) atoms. The number of fused-ring (bicyclic) bond motifs is 1. The highest BCUT2D eigenvalue weighted by molar-refractivity contribution is 6.04. The van der Waals surface area contributed by atoms with E-state index in [1.165, 1.54) is 18.2 Å². The molecular weight excluding hydrogens is 496 g/mol. The number of hydrogen-bond acceptors (Lipinski definition) is 13. The molecule has 2 fully saturated rings. The minimum absolute atomic E-state index is 0.115. The number of aromatic hydroxyl groups is 2. The van der Waals surface area contributed by atoms with Crippen molar-refractivity contribution in [3.05, 3.63) is 35.6 Å². The number of esters is 1. The van der Waals surface area contributed by atoms with Gasteiger partial charge in [-0.05, 0) is 23.6 Å². The van der Waals surface area contributed by atoms with Crippen LogP contribution in [0, 0.1) is 11.8 Å². The predicted octanol–water partition coefficient (Wildman–Crippen LogP) is -1.80.